The highest BCUT2D eigenvalue weighted by Crippen LogP contribution is 2.33. The van der Waals surface area contributed by atoms with Crippen molar-refractivity contribution < 1.29 is 27.5 Å². The summed E-state index contributed by atoms with van der Waals surface area (Å²) in [6.45, 7) is 5.22. The highest BCUT2D eigenvalue weighted by Gasteiger charge is 2.32. The van der Waals surface area contributed by atoms with E-state index in [1.807, 2.05) is 19.9 Å². The highest BCUT2D eigenvalue weighted by molar-refractivity contribution is 6.06. The lowest BCUT2D eigenvalue weighted by molar-refractivity contribution is -0.137. The summed E-state index contributed by atoms with van der Waals surface area (Å²) in [6, 6.07) is 9.64. The largest absolute Gasteiger partial charge is 0.416 e. The molecule has 0 saturated carbocycles. The molecule has 0 aliphatic heterocycles. The van der Waals surface area contributed by atoms with Gasteiger partial charge in [0.2, 0.25) is 0 Å². The number of halogens is 4. The second-order valence-electron chi connectivity index (χ2n) is 8.16. The number of anilines is 1. The molecule has 1 amide bonds. The van der Waals surface area contributed by atoms with Gasteiger partial charge in [-0.1, -0.05) is 38.1 Å². The zero-order valence-electron chi connectivity index (χ0n) is 18.7. The van der Waals surface area contributed by atoms with Crippen LogP contribution in [-0.4, -0.2) is 26.9 Å². The molecule has 0 saturated heterocycles. The Morgan fingerprint density at radius 3 is 2.41 bits per heavy atom. The van der Waals surface area contributed by atoms with Crippen molar-refractivity contribution in [2.45, 2.75) is 45.5 Å². The van der Waals surface area contributed by atoms with E-state index in [9.17, 15) is 32.3 Å². The highest BCUT2D eigenvalue weighted by atomic mass is 19.4. The second-order valence-corrected chi connectivity index (χ2v) is 8.16. The van der Waals surface area contributed by atoms with E-state index in [-0.39, 0.29) is 23.8 Å². The topological polar surface area (TPSA) is 84.2 Å². The van der Waals surface area contributed by atoms with Gasteiger partial charge in [-0.2, -0.15) is 18.3 Å². The van der Waals surface area contributed by atoms with Crippen molar-refractivity contribution in [2.24, 2.45) is 0 Å². The van der Waals surface area contributed by atoms with Gasteiger partial charge in [0.1, 0.15) is 11.5 Å². The van der Waals surface area contributed by atoms with Crippen LogP contribution in [0.4, 0.5) is 23.2 Å². The van der Waals surface area contributed by atoms with Gasteiger partial charge in [0, 0.05) is 11.6 Å². The van der Waals surface area contributed by atoms with Gasteiger partial charge in [-0.05, 0) is 36.6 Å². The molecule has 0 aliphatic rings. The Kier molecular flexibility index (Phi) is 7.21. The summed E-state index contributed by atoms with van der Waals surface area (Å²) in [5.41, 5.74) is -1.21. The van der Waals surface area contributed by atoms with Crippen molar-refractivity contribution >= 4 is 11.6 Å². The van der Waals surface area contributed by atoms with E-state index in [4.69, 9.17) is 0 Å². The third-order valence-electron chi connectivity index (χ3n) is 5.06. The van der Waals surface area contributed by atoms with Gasteiger partial charge < -0.3 is 10.4 Å². The standard InChI is InChI=1S/C24H23F4N3O3/c1-13(2)16-6-4-5-7-17(16)22-20(11-21(33)31(30-22)12-14(3)32)29-23(34)18-10-15(24(26,27)28)8-9-19(18)25/h4-11,13-14,32H,12H2,1-3H3,(H,29,34)/t14-/m1/s1. The van der Waals surface area contributed by atoms with E-state index in [2.05, 4.69) is 10.4 Å². The summed E-state index contributed by atoms with van der Waals surface area (Å²) in [6.07, 6.45) is -5.66. The Balaban J connectivity index is 2.15. The molecule has 0 unspecified atom stereocenters. The fourth-order valence-electron chi connectivity index (χ4n) is 3.45. The second kappa shape index (κ2) is 9.76. The van der Waals surface area contributed by atoms with Crippen molar-refractivity contribution in [1.82, 2.24) is 9.78 Å². The summed E-state index contributed by atoms with van der Waals surface area (Å²) in [5.74, 6) is -2.29. The molecule has 0 spiro atoms. The minimum absolute atomic E-state index is 0.0274. The van der Waals surface area contributed by atoms with Crippen LogP contribution in [0.1, 0.15) is 48.2 Å². The van der Waals surface area contributed by atoms with Gasteiger partial charge in [0.25, 0.3) is 11.5 Å². The molecule has 1 aromatic heterocycles. The lowest BCUT2D eigenvalue weighted by Crippen LogP contribution is -2.29. The number of nitrogens with zero attached hydrogens (tertiary/aromatic N) is 2. The summed E-state index contributed by atoms with van der Waals surface area (Å²) in [7, 11) is 0. The first-order chi connectivity index (χ1) is 15.9. The molecule has 0 bridgehead atoms. The number of benzene rings is 2. The van der Waals surface area contributed by atoms with E-state index < -0.39 is 40.7 Å². The number of alkyl halides is 3. The van der Waals surface area contributed by atoms with Gasteiger partial charge in [-0.15, -0.1) is 0 Å². The Labute approximate surface area is 192 Å². The minimum atomic E-state index is -4.77. The van der Waals surface area contributed by atoms with Crippen LogP contribution in [0.15, 0.2) is 53.3 Å². The molecule has 2 N–H and O–H groups in total. The molecule has 2 aromatic carbocycles. The summed E-state index contributed by atoms with van der Waals surface area (Å²) in [4.78, 5) is 25.4. The van der Waals surface area contributed by atoms with Crippen LogP contribution < -0.4 is 10.9 Å². The van der Waals surface area contributed by atoms with Gasteiger partial charge in [-0.25, -0.2) is 9.07 Å². The van der Waals surface area contributed by atoms with Crippen molar-refractivity contribution in [3.63, 3.8) is 0 Å². The van der Waals surface area contributed by atoms with Crippen LogP contribution in [0.25, 0.3) is 11.3 Å². The first-order valence-electron chi connectivity index (χ1n) is 10.5. The number of amides is 1. The van der Waals surface area contributed by atoms with Crippen molar-refractivity contribution in [1.29, 1.82) is 0 Å². The normalized spacial score (nSPS) is 12.6. The van der Waals surface area contributed by atoms with E-state index >= 15 is 0 Å². The number of nitrogens with one attached hydrogen (secondary N) is 1. The smallest absolute Gasteiger partial charge is 0.391 e. The van der Waals surface area contributed by atoms with Crippen LogP contribution >= 0.6 is 0 Å². The van der Waals surface area contributed by atoms with Gasteiger partial charge in [0.05, 0.1) is 29.5 Å². The Bertz CT molecular complexity index is 1270. The van der Waals surface area contributed by atoms with E-state index in [0.29, 0.717) is 23.8 Å². The first kappa shape index (κ1) is 25.1. The zero-order chi connectivity index (χ0) is 25.2. The Hall–Kier alpha value is -3.53. The molecule has 0 fully saturated rings. The lowest BCUT2D eigenvalue weighted by atomic mass is 9.94. The maximum absolute atomic E-state index is 14.3. The predicted molar refractivity (Wildman–Crippen MR) is 119 cm³/mol. The molecule has 0 aliphatic carbocycles. The molecule has 1 atom stereocenters. The monoisotopic (exact) mass is 477 g/mol. The number of hydrogen-bond donors (Lipinski definition) is 2. The number of rotatable bonds is 6. The number of carbonyl (C=O) groups is 1. The average Bonchev–Trinajstić information content (AvgIpc) is 2.74. The van der Waals surface area contributed by atoms with Gasteiger partial charge >= 0.3 is 6.18 Å². The zero-order valence-corrected chi connectivity index (χ0v) is 18.7. The first-order valence-corrected chi connectivity index (χ1v) is 10.5. The Morgan fingerprint density at radius 2 is 1.79 bits per heavy atom. The maximum Gasteiger partial charge on any atom is 0.416 e. The molecule has 3 rings (SSSR count). The van der Waals surface area contributed by atoms with E-state index in [0.717, 1.165) is 16.3 Å². The quantitative estimate of drug-likeness (QED) is 0.499. The third-order valence-corrected chi connectivity index (χ3v) is 5.06. The SMILES string of the molecule is CC(C)c1ccccc1-c1nn(C[C@@H](C)O)c(=O)cc1NC(=O)c1cc(C(F)(F)F)ccc1F. The summed E-state index contributed by atoms with van der Waals surface area (Å²) >= 11 is 0. The molecular weight excluding hydrogens is 454 g/mol. The molecular formula is C24H23F4N3O3. The molecule has 180 valence electrons. The van der Waals surface area contributed by atoms with E-state index in [1.54, 1.807) is 18.2 Å². The number of hydrogen-bond acceptors (Lipinski definition) is 4. The maximum atomic E-state index is 14.3. The van der Waals surface area contributed by atoms with Crippen LogP contribution in [-0.2, 0) is 12.7 Å². The molecule has 10 heteroatoms. The summed E-state index contributed by atoms with van der Waals surface area (Å²) in [5, 5.41) is 16.4. The van der Waals surface area contributed by atoms with Crippen molar-refractivity contribution in [3.05, 3.63) is 81.4 Å². The fourth-order valence-corrected chi connectivity index (χ4v) is 3.45. The van der Waals surface area contributed by atoms with Crippen LogP contribution in [0.5, 0.6) is 0 Å². The molecule has 0 radical (unpaired) electrons. The number of aromatic nitrogens is 2. The summed E-state index contributed by atoms with van der Waals surface area (Å²) < 4.78 is 54.5. The molecule has 1 heterocycles. The van der Waals surface area contributed by atoms with Crippen molar-refractivity contribution in [2.75, 3.05) is 5.32 Å². The number of aliphatic hydroxyl groups excluding tert-OH is 1. The van der Waals surface area contributed by atoms with Gasteiger partial charge in [0.15, 0.2) is 0 Å². The lowest BCUT2D eigenvalue weighted by Gasteiger charge is -2.18. The minimum Gasteiger partial charge on any atom is -0.391 e. The van der Waals surface area contributed by atoms with E-state index in [1.165, 1.54) is 6.92 Å². The number of aliphatic hydroxyl groups is 1. The molecule has 3 aromatic rings. The van der Waals surface area contributed by atoms with Crippen LogP contribution in [0.2, 0.25) is 0 Å². The van der Waals surface area contributed by atoms with Crippen LogP contribution in [0.3, 0.4) is 0 Å². The molecule has 34 heavy (non-hydrogen) atoms. The third kappa shape index (κ3) is 5.51. The fraction of sp³-hybridized carbons (Fsp3) is 0.292. The Morgan fingerprint density at radius 1 is 1.12 bits per heavy atom. The number of carbonyl (C=O) groups excluding carboxylic acids is 1. The molecule has 6 nitrogen and oxygen atoms in total. The van der Waals surface area contributed by atoms with Crippen molar-refractivity contribution in [3.8, 4) is 11.3 Å². The van der Waals surface area contributed by atoms with Crippen LogP contribution in [0, 0.1) is 5.82 Å². The van der Waals surface area contributed by atoms with Gasteiger partial charge in [-0.3, -0.25) is 9.59 Å². The predicted octanol–water partition coefficient (Wildman–Crippen LogP) is 4.82. The average molecular weight is 477 g/mol.